The van der Waals surface area contributed by atoms with Gasteiger partial charge in [-0.25, -0.2) is 14.8 Å². The van der Waals surface area contributed by atoms with Crippen molar-refractivity contribution in [2.45, 2.75) is 44.4 Å². The first kappa shape index (κ1) is 21.0. The molecule has 178 valence electrons. The molecule has 3 aromatic heterocycles. The van der Waals surface area contributed by atoms with E-state index in [-0.39, 0.29) is 11.7 Å². The monoisotopic (exact) mass is 477 g/mol. The molecule has 5 aromatic rings. The summed E-state index contributed by atoms with van der Waals surface area (Å²) in [5.41, 5.74) is 4.99. The van der Waals surface area contributed by atoms with Crippen molar-refractivity contribution in [1.82, 2.24) is 28.7 Å². The SMILES string of the molecule is N#Cc1ccc2ncn(-c3ncc4c(n3)n([C@@H]3CC[C@@H](O)c5ccccc53)c(=O)n4CC3CC3)c2c1. The Balaban J connectivity index is 1.46. The molecular weight excluding hydrogens is 454 g/mol. The summed E-state index contributed by atoms with van der Waals surface area (Å²) >= 11 is 0. The van der Waals surface area contributed by atoms with Crippen LogP contribution < -0.4 is 5.69 Å². The lowest BCUT2D eigenvalue weighted by atomic mass is 9.85. The lowest BCUT2D eigenvalue weighted by Crippen LogP contribution is -2.31. The molecule has 0 aliphatic heterocycles. The van der Waals surface area contributed by atoms with E-state index in [1.54, 1.807) is 39.9 Å². The van der Waals surface area contributed by atoms with Crippen LogP contribution in [0.3, 0.4) is 0 Å². The van der Waals surface area contributed by atoms with Crippen molar-refractivity contribution in [3.8, 4) is 12.0 Å². The summed E-state index contributed by atoms with van der Waals surface area (Å²) in [7, 11) is 0. The van der Waals surface area contributed by atoms with Gasteiger partial charge in [-0.1, -0.05) is 24.3 Å². The molecule has 3 heterocycles. The Morgan fingerprint density at radius 2 is 1.86 bits per heavy atom. The van der Waals surface area contributed by atoms with Gasteiger partial charge < -0.3 is 5.11 Å². The third-order valence-electron chi connectivity index (χ3n) is 7.46. The van der Waals surface area contributed by atoms with E-state index in [9.17, 15) is 15.2 Å². The zero-order chi connectivity index (χ0) is 24.4. The van der Waals surface area contributed by atoms with Gasteiger partial charge in [-0.2, -0.15) is 10.2 Å². The first-order valence-corrected chi connectivity index (χ1v) is 12.2. The van der Waals surface area contributed by atoms with Crippen LogP contribution in [-0.2, 0) is 6.54 Å². The molecule has 1 N–H and O–H groups in total. The maximum atomic E-state index is 13.9. The summed E-state index contributed by atoms with van der Waals surface area (Å²) in [5, 5.41) is 20.0. The average molecular weight is 478 g/mol. The van der Waals surface area contributed by atoms with Crippen molar-refractivity contribution < 1.29 is 5.11 Å². The minimum absolute atomic E-state index is 0.0956. The fourth-order valence-corrected chi connectivity index (χ4v) is 5.43. The van der Waals surface area contributed by atoms with Crippen molar-refractivity contribution in [1.29, 1.82) is 5.26 Å². The molecule has 1 saturated carbocycles. The number of imidazole rings is 2. The summed E-state index contributed by atoms with van der Waals surface area (Å²) in [6, 6.07) is 15.0. The van der Waals surface area contributed by atoms with Crippen LogP contribution in [0.2, 0.25) is 0 Å². The Kier molecular flexibility index (Phi) is 4.59. The van der Waals surface area contributed by atoms with Crippen molar-refractivity contribution in [3.63, 3.8) is 0 Å². The molecule has 2 aliphatic carbocycles. The van der Waals surface area contributed by atoms with Crippen molar-refractivity contribution in [2.24, 2.45) is 5.92 Å². The summed E-state index contributed by atoms with van der Waals surface area (Å²) < 4.78 is 5.35. The molecule has 9 nitrogen and oxygen atoms in total. The van der Waals surface area contributed by atoms with E-state index in [1.165, 1.54) is 0 Å². The molecule has 2 aliphatic rings. The van der Waals surface area contributed by atoms with Crippen LogP contribution in [0, 0.1) is 17.2 Å². The Hall–Kier alpha value is -4.29. The highest BCUT2D eigenvalue weighted by Crippen LogP contribution is 2.39. The van der Waals surface area contributed by atoms with Gasteiger partial charge in [0.25, 0.3) is 0 Å². The van der Waals surface area contributed by atoms with Crippen LogP contribution in [0.5, 0.6) is 0 Å². The molecular formula is C27H23N7O2. The second-order valence-electron chi connectivity index (χ2n) is 9.75. The maximum absolute atomic E-state index is 13.9. The third kappa shape index (κ3) is 3.18. The van der Waals surface area contributed by atoms with Crippen molar-refractivity contribution >= 4 is 22.2 Å². The summed E-state index contributed by atoms with van der Waals surface area (Å²) in [5.74, 6) is 0.894. The molecule has 0 saturated heterocycles. The number of aliphatic hydroxyl groups is 1. The molecule has 0 spiro atoms. The van der Waals surface area contributed by atoms with Gasteiger partial charge >= 0.3 is 5.69 Å². The van der Waals surface area contributed by atoms with E-state index < -0.39 is 6.10 Å². The van der Waals surface area contributed by atoms with Gasteiger partial charge in [0.1, 0.15) is 11.8 Å². The molecule has 2 aromatic carbocycles. The summed E-state index contributed by atoms with van der Waals surface area (Å²) in [6.45, 7) is 0.654. The highest BCUT2D eigenvalue weighted by molar-refractivity contribution is 5.79. The van der Waals surface area contributed by atoms with E-state index in [4.69, 9.17) is 4.98 Å². The highest BCUT2D eigenvalue weighted by Gasteiger charge is 2.32. The van der Waals surface area contributed by atoms with Gasteiger partial charge in [-0.3, -0.25) is 13.7 Å². The smallest absolute Gasteiger partial charge is 0.330 e. The van der Waals surface area contributed by atoms with Crippen molar-refractivity contribution in [2.75, 3.05) is 0 Å². The second kappa shape index (κ2) is 7.86. The number of fused-ring (bicyclic) bond motifs is 3. The largest absolute Gasteiger partial charge is 0.388 e. The zero-order valence-corrected chi connectivity index (χ0v) is 19.4. The molecule has 7 rings (SSSR count). The first-order chi connectivity index (χ1) is 17.6. The predicted molar refractivity (Wildman–Crippen MR) is 133 cm³/mol. The van der Waals surface area contributed by atoms with Crippen LogP contribution in [-0.4, -0.2) is 33.8 Å². The Morgan fingerprint density at radius 1 is 1.03 bits per heavy atom. The lowest BCUT2D eigenvalue weighted by molar-refractivity contribution is 0.147. The number of nitriles is 1. The van der Waals surface area contributed by atoms with E-state index in [1.807, 2.05) is 28.8 Å². The van der Waals surface area contributed by atoms with Gasteiger partial charge in [-0.15, -0.1) is 0 Å². The summed E-state index contributed by atoms with van der Waals surface area (Å²) in [4.78, 5) is 27.8. The number of rotatable bonds is 4. The summed E-state index contributed by atoms with van der Waals surface area (Å²) in [6.07, 6.45) is 6.29. The first-order valence-electron chi connectivity index (χ1n) is 12.2. The quantitative estimate of drug-likeness (QED) is 0.423. The highest BCUT2D eigenvalue weighted by atomic mass is 16.3. The van der Waals surface area contributed by atoms with Gasteiger partial charge in [-0.05, 0) is 60.9 Å². The number of hydrogen-bond acceptors (Lipinski definition) is 6. The molecule has 0 unspecified atom stereocenters. The predicted octanol–water partition coefficient (Wildman–Crippen LogP) is 3.63. The Morgan fingerprint density at radius 3 is 2.67 bits per heavy atom. The number of benzene rings is 2. The molecule has 36 heavy (non-hydrogen) atoms. The minimum Gasteiger partial charge on any atom is -0.388 e. The van der Waals surface area contributed by atoms with Gasteiger partial charge in [0, 0.05) is 6.54 Å². The minimum atomic E-state index is -0.537. The maximum Gasteiger partial charge on any atom is 0.330 e. The molecule has 1 fully saturated rings. The molecule has 9 heteroatoms. The number of nitrogens with zero attached hydrogens (tertiary/aromatic N) is 7. The fourth-order valence-electron chi connectivity index (χ4n) is 5.43. The zero-order valence-electron chi connectivity index (χ0n) is 19.4. The topological polar surface area (TPSA) is 115 Å². The number of hydrogen-bond donors (Lipinski definition) is 1. The fraction of sp³-hybridized carbons (Fsp3) is 0.296. The van der Waals surface area contributed by atoms with E-state index in [0.29, 0.717) is 48.0 Å². The molecule has 0 bridgehead atoms. The third-order valence-corrected chi connectivity index (χ3v) is 7.46. The molecule has 0 radical (unpaired) electrons. The van der Waals surface area contributed by atoms with Crippen molar-refractivity contribution in [3.05, 3.63) is 82.2 Å². The van der Waals surface area contributed by atoms with Crippen LogP contribution in [0.15, 0.2) is 59.8 Å². The van der Waals surface area contributed by atoms with Crippen LogP contribution >= 0.6 is 0 Å². The number of aromatic nitrogens is 6. The van der Waals surface area contributed by atoms with Gasteiger partial charge in [0.2, 0.25) is 5.95 Å². The second-order valence-corrected chi connectivity index (χ2v) is 9.75. The Labute approximate surface area is 205 Å². The van der Waals surface area contributed by atoms with Gasteiger partial charge in [0.05, 0.1) is 41.0 Å². The molecule has 2 atom stereocenters. The Bertz CT molecular complexity index is 1750. The van der Waals surface area contributed by atoms with Gasteiger partial charge in [0.15, 0.2) is 5.65 Å². The average Bonchev–Trinajstić information content (AvgIpc) is 3.57. The van der Waals surface area contributed by atoms with E-state index in [2.05, 4.69) is 16.0 Å². The normalized spacial score (nSPS) is 19.4. The lowest BCUT2D eigenvalue weighted by Gasteiger charge is -2.29. The van der Waals surface area contributed by atoms with E-state index >= 15 is 0 Å². The molecule has 0 amide bonds. The van der Waals surface area contributed by atoms with E-state index in [0.717, 1.165) is 35.0 Å². The number of aliphatic hydroxyl groups excluding tert-OH is 1. The van der Waals surface area contributed by atoms with Crippen LogP contribution in [0.1, 0.15) is 54.5 Å². The van der Waals surface area contributed by atoms with Crippen LogP contribution in [0.25, 0.3) is 28.1 Å². The van der Waals surface area contributed by atoms with Crippen LogP contribution in [0.4, 0.5) is 0 Å². The standard InChI is InChI=1S/C27H23N7O2/c28-12-17-7-8-20-22(11-17)33(15-30-20)26-29-13-23-25(31-26)34(27(36)32(23)14-16-5-6-16)21-9-10-24(35)19-4-2-1-3-18(19)21/h1-4,7-8,11,13,15-16,21,24,35H,5-6,9-10,14H2/t21-,24-/m1/s1.